The second-order valence-corrected chi connectivity index (χ2v) is 9.18. The maximum absolute atomic E-state index is 13.2. The van der Waals surface area contributed by atoms with Gasteiger partial charge in [-0.3, -0.25) is 9.36 Å². The predicted molar refractivity (Wildman–Crippen MR) is 108 cm³/mol. The molecule has 5 nitrogen and oxygen atoms in total. The summed E-state index contributed by atoms with van der Waals surface area (Å²) in [5.41, 5.74) is 1.06. The zero-order valence-corrected chi connectivity index (χ0v) is 16.2. The van der Waals surface area contributed by atoms with Crippen LogP contribution in [0.1, 0.15) is 0 Å². The summed E-state index contributed by atoms with van der Waals surface area (Å²) >= 11 is 1.32. The monoisotopic (exact) mass is 414 g/mol. The average Bonchev–Trinajstić information content (AvgIpc) is 3.14. The molecule has 2 aromatic heterocycles. The van der Waals surface area contributed by atoms with Crippen LogP contribution in [0.25, 0.3) is 21.3 Å². The number of hydrogen-bond acceptors (Lipinski definition) is 5. The van der Waals surface area contributed by atoms with Crippen LogP contribution in [0.4, 0.5) is 4.39 Å². The summed E-state index contributed by atoms with van der Waals surface area (Å²) in [6.45, 7) is -0.00228. The average molecular weight is 414 g/mol. The van der Waals surface area contributed by atoms with E-state index in [4.69, 9.17) is 0 Å². The Kier molecular flexibility index (Phi) is 4.82. The topological polar surface area (TPSA) is 69.0 Å². The van der Waals surface area contributed by atoms with Crippen molar-refractivity contribution in [3.8, 4) is 11.1 Å². The standard InChI is InChI=1S/C20H15FN2O3S2/c21-15-8-6-14(7-9-15)17-12-27-19-18(17)20(24)23(13-22-19)10-11-28(25,26)16-4-2-1-3-5-16/h1-9,12-13H,10-11H2. The van der Waals surface area contributed by atoms with E-state index < -0.39 is 9.84 Å². The quantitative estimate of drug-likeness (QED) is 0.499. The summed E-state index contributed by atoms with van der Waals surface area (Å²) in [5, 5.41) is 2.22. The third-order valence-electron chi connectivity index (χ3n) is 4.42. The van der Waals surface area contributed by atoms with Crippen molar-refractivity contribution in [1.82, 2.24) is 9.55 Å². The number of benzene rings is 2. The van der Waals surface area contributed by atoms with Gasteiger partial charge < -0.3 is 0 Å². The van der Waals surface area contributed by atoms with Crippen LogP contribution in [0.2, 0.25) is 0 Å². The molecule has 0 unspecified atom stereocenters. The third kappa shape index (κ3) is 3.48. The SMILES string of the molecule is O=c1c2c(-c3ccc(F)cc3)csc2ncn1CCS(=O)(=O)c1ccccc1. The van der Waals surface area contributed by atoms with Gasteiger partial charge in [-0.15, -0.1) is 11.3 Å². The summed E-state index contributed by atoms with van der Waals surface area (Å²) in [4.78, 5) is 18.0. The van der Waals surface area contributed by atoms with Crippen molar-refractivity contribution in [2.24, 2.45) is 0 Å². The Morgan fingerprint density at radius 1 is 1.04 bits per heavy atom. The molecule has 0 atom stereocenters. The minimum absolute atomic E-state index is 0.00228. The molecule has 0 aliphatic carbocycles. The first kappa shape index (κ1) is 18.5. The van der Waals surface area contributed by atoms with Crippen molar-refractivity contribution in [3.05, 3.63) is 82.5 Å². The molecule has 0 radical (unpaired) electrons. The maximum atomic E-state index is 13.2. The lowest BCUT2D eigenvalue weighted by Crippen LogP contribution is -2.24. The molecule has 0 saturated carbocycles. The molecule has 0 saturated heterocycles. The third-order valence-corrected chi connectivity index (χ3v) is 7.02. The van der Waals surface area contributed by atoms with Gasteiger partial charge in [0.15, 0.2) is 9.84 Å². The number of rotatable bonds is 5. The molecule has 4 aromatic rings. The van der Waals surface area contributed by atoms with Crippen molar-refractivity contribution in [3.63, 3.8) is 0 Å². The lowest BCUT2D eigenvalue weighted by Gasteiger charge is -2.07. The zero-order chi connectivity index (χ0) is 19.7. The van der Waals surface area contributed by atoms with Gasteiger partial charge in [0.1, 0.15) is 10.6 Å². The van der Waals surface area contributed by atoms with Crippen LogP contribution in [0.15, 0.2) is 76.0 Å². The van der Waals surface area contributed by atoms with Crippen molar-refractivity contribution in [2.75, 3.05) is 5.75 Å². The smallest absolute Gasteiger partial charge is 0.262 e. The van der Waals surface area contributed by atoms with E-state index in [2.05, 4.69) is 4.98 Å². The summed E-state index contributed by atoms with van der Waals surface area (Å²) in [6, 6.07) is 14.0. The number of sulfone groups is 1. The Balaban J connectivity index is 1.69. The van der Waals surface area contributed by atoms with E-state index in [1.165, 1.54) is 46.5 Å². The molecule has 8 heteroatoms. The summed E-state index contributed by atoms with van der Waals surface area (Å²) < 4.78 is 39.5. The van der Waals surface area contributed by atoms with Gasteiger partial charge in [-0.05, 0) is 29.8 Å². The van der Waals surface area contributed by atoms with Crippen LogP contribution < -0.4 is 5.56 Å². The highest BCUT2D eigenvalue weighted by Crippen LogP contribution is 2.30. The second kappa shape index (κ2) is 7.29. The lowest BCUT2D eigenvalue weighted by atomic mass is 10.1. The Morgan fingerprint density at radius 3 is 2.46 bits per heavy atom. The fourth-order valence-corrected chi connectivity index (χ4v) is 5.08. The molecular formula is C20H15FN2O3S2. The van der Waals surface area contributed by atoms with Crippen LogP contribution in [-0.2, 0) is 16.4 Å². The molecule has 0 aliphatic heterocycles. The highest BCUT2D eigenvalue weighted by molar-refractivity contribution is 7.91. The fraction of sp³-hybridized carbons (Fsp3) is 0.100. The molecule has 0 aliphatic rings. The number of aryl methyl sites for hydroxylation is 1. The van der Waals surface area contributed by atoms with Gasteiger partial charge in [0, 0.05) is 17.5 Å². The summed E-state index contributed by atoms with van der Waals surface area (Å²) in [6.07, 6.45) is 1.37. The van der Waals surface area contributed by atoms with Gasteiger partial charge >= 0.3 is 0 Å². The van der Waals surface area contributed by atoms with E-state index in [0.29, 0.717) is 21.3 Å². The first-order valence-electron chi connectivity index (χ1n) is 8.46. The number of thiophene rings is 1. The minimum Gasteiger partial charge on any atom is -0.298 e. The predicted octanol–water partition coefficient (Wildman–Crippen LogP) is 3.74. The van der Waals surface area contributed by atoms with Gasteiger partial charge in [-0.1, -0.05) is 30.3 Å². The van der Waals surface area contributed by atoms with Crippen molar-refractivity contribution in [2.45, 2.75) is 11.4 Å². The summed E-state index contributed by atoms with van der Waals surface area (Å²) in [7, 11) is -3.51. The molecule has 0 spiro atoms. The van der Waals surface area contributed by atoms with E-state index in [1.807, 2.05) is 0 Å². The molecule has 2 aromatic carbocycles. The molecule has 0 fully saturated rings. The molecule has 2 heterocycles. The van der Waals surface area contributed by atoms with E-state index in [1.54, 1.807) is 35.7 Å². The number of halogens is 1. The Morgan fingerprint density at radius 2 is 1.75 bits per heavy atom. The lowest BCUT2D eigenvalue weighted by molar-refractivity contribution is 0.587. The number of aromatic nitrogens is 2. The van der Waals surface area contributed by atoms with Crippen LogP contribution >= 0.6 is 11.3 Å². The number of fused-ring (bicyclic) bond motifs is 1. The molecule has 28 heavy (non-hydrogen) atoms. The number of hydrogen-bond donors (Lipinski definition) is 0. The van der Waals surface area contributed by atoms with E-state index in [0.717, 1.165) is 0 Å². The van der Waals surface area contributed by atoms with Crippen molar-refractivity contribution >= 4 is 31.4 Å². The van der Waals surface area contributed by atoms with E-state index in [-0.39, 0.29) is 28.6 Å². The van der Waals surface area contributed by atoms with Crippen LogP contribution in [0.3, 0.4) is 0 Å². The van der Waals surface area contributed by atoms with E-state index in [9.17, 15) is 17.6 Å². The fourth-order valence-electron chi connectivity index (χ4n) is 2.93. The molecular weight excluding hydrogens is 399 g/mol. The Hall–Kier alpha value is -2.84. The van der Waals surface area contributed by atoms with Crippen LogP contribution in [0, 0.1) is 5.82 Å². The molecule has 142 valence electrons. The van der Waals surface area contributed by atoms with Crippen LogP contribution in [-0.4, -0.2) is 23.7 Å². The Bertz CT molecular complexity index is 1300. The Labute approximate surface area is 164 Å². The zero-order valence-electron chi connectivity index (χ0n) is 14.6. The highest BCUT2D eigenvalue weighted by Gasteiger charge is 2.17. The second-order valence-electron chi connectivity index (χ2n) is 6.21. The molecule has 0 N–H and O–H groups in total. The van der Waals surface area contributed by atoms with Gasteiger partial charge in [0.05, 0.1) is 22.4 Å². The number of nitrogens with zero attached hydrogens (tertiary/aromatic N) is 2. The first-order chi connectivity index (χ1) is 13.5. The minimum atomic E-state index is -3.51. The summed E-state index contributed by atoms with van der Waals surface area (Å²) in [5.74, 6) is -0.565. The van der Waals surface area contributed by atoms with E-state index >= 15 is 0 Å². The van der Waals surface area contributed by atoms with Crippen molar-refractivity contribution < 1.29 is 12.8 Å². The molecule has 4 rings (SSSR count). The maximum Gasteiger partial charge on any atom is 0.262 e. The molecule has 0 amide bonds. The largest absolute Gasteiger partial charge is 0.298 e. The van der Waals surface area contributed by atoms with Gasteiger partial charge in [0.2, 0.25) is 0 Å². The van der Waals surface area contributed by atoms with Crippen LogP contribution in [0.5, 0.6) is 0 Å². The first-order valence-corrected chi connectivity index (χ1v) is 11.0. The molecule has 0 bridgehead atoms. The normalized spacial score (nSPS) is 11.8. The van der Waals surface area contributed by atoms with Gasteiger partial charge in [0.25, 0.3) is 5.56 Å². The van der Waals surface area contributed by atoms with Gasteiger partial charge in [-0.25, -0.2) is 17.8 Å². The van der Waals surface area contributed by atoms with Crippen molar-refractivity contribution in [1.29, 1.82) is 0 Å². The van der Waals surface area contributed by atoms with Gasteiger partial charge in [-0.2, -0.15) is 0 Å². The highest BCUT2D eigenvalue weighted by atomic mass is 32.2.